The van der Waals surface area contributed by atoms with E-state index in [4.69, 9.17) is 4.74 Å². The van der Waals surface area contributed by atoms with Crippen molar-refractivity contribution in [1.29, 1.82) is 0 Å². The minimum Gasteiger partial charge on any atom is -0.494 e. The summed E-state index contributed by atoms with van der Waals surface area (Å²) in [6, 6.07) is 7.63. The summed E-state index contributed by atoms with van der Waals surface area (Å²) in [6.07, 6.45) is 3.80. The molecule has 1 aromatic carbocycles. The minimum absolute atomic E-state index is 0.107. The van der Waals surface area contributed by atoms with Crippen LogP contribution < -0.4 is 10.1 Å². The molecule has 2 N–H and O–H groups in total. The molecule has 1 saturated carbocycles. The van der Waals surface area contributed by atoms with Gasteiger partial charge in [-0.25, -0.2) is 4.79 Å². The Labute approximate surface area is 138 Å². The van der Waals surface area contributed by atoms with Gasteiger partial charge in [-0.3, -0.25) is 0 Å². The zero-order valence-corrected chi connectivity index (χ0v) is 14.1. The van der Waals surface area contributed by atoms with E-state index in [9.17, 15) is 9.90 Å². The molecule has 0 aromatic heterocycles. The highest BCUT2D eigenvalue weighted by atomic mass is 16.5. The van der Waals surface area contributed by atoms with Gasteiger partial charge in [0.15, 0.2) is 0 Å². The summed E-state index contributed by atoms with van der Waals surface area (Å²) in [5.74, 6) is 1.01. The highest BCUT2D eigenvalue weighted by molar-refractivity contribution is 5.73. The molecular formula is C18H28N2O3. The topological polar surface area (TPSA) is 61.8 Å². The number of hydrogen-bond donors (Lipinski definition) is 2. The molecule has 0 aliphatic heterocycles. The highest BCUT2D eigenvalue weighted by Gasteiger charge is 2.25. The van der Waals surface area contributed by atoms with E-state index >= 15 is 0 Å². The number of ether oxygens (including phenoxy) is 1. The first-order valence-electron chi connectivity index (χ1n) is 8.49. The van der Waals surface area contributed by atoms with Crippen molar-refractivity contribution in [2.75, 3.05) is 20.2 Å². The third-order valence-electron chi connectivity index (χ3n) is 4.38. The second-order valence-corrected chi connectivity index (χ2v) is 6.23. The average Bonchev–Trinajstić information content (AvgIpc) is 2.55. The molecule has 5 nitrogen and oxygen atoms in total. The Balaban J connectivity index is 1.80. The highest BCUT2D eigenvalue weighted by Crippen LogP contribution is 2.24. The van der Waals surface area contributed by atoms with Crippen molar-refractivity contribution in [2.45, 2.75) is 45.3 Å². The first kappa shape index (κ1) is 17.6. The summed E-state index contributed by atoms with van der Waals surface area (Å²) < 4.78 is 5.46. The molecule has 0 radical (unpaired) electrons. The second-order valence-electron chi connectivity index (χ2n) is 6.23. The lowest BCUT2D eigenvalue weighted by molar-refractivity contribution is 0.0565. The summed E-state index contributed by atoms with van der Waals surface area (Å²) in [4.78, 5) is 13.9. The lowest BCUT2D eigenvalue weighted by Gasteiger charge is -2.31. The average molecular weight is 320 g/mol. The van der Waals surface area contributed by atoms with Gasteiger partial charge in [0.1, 0.15) is 5.75 Å². The van der Waals surface area contributed by atoms with Crippen molar-refractivity contribution >= 4 is 6.03 Å². The molecule has 1 aliphatic carbocycles. The first-order valence-corrected chi connectivity index (χ1v) is 8.49. The van der Waals surface area contributed by atoms with Crippen LogP contribution in [0.1, 0.15) is 38.2 Å². The van der Waals surface area contributed by atoms with Crippen LogP contribution in [0.25, 0.3) is 0 Å². The number of urea groups is 1. The third kappa shape index (κ3) is 5.43. The molecular weight excluding hydrogens is 292 g/mol. The fourth-order valence-electron chi connectivity index (χ4n) is 3.06. The number of nitrogens with zero attached hydrogens (tertiary/aromatic N) is 1. The van der Waals surface area contributed by atoms with Crippen molar-refractivity contribution in [1.82, 2.24) is 10.2 Å². The Morgan fingerprint density at radius 3 is 2.91 bits per heavy atom. The van der Waals surface area contributed by atoms with Gasteiger partial charge in [-0.2, -0.15) is 0 Å². The standard InChI is InChI=1S/C18H28N2O3/c1-3-23-16-9-6-7-14(11-16)12-19-18(22)20(2)13-15-8-4-5-10-17(15)21/h6-7,9,11,15,17,21H,3-5,8,10,12-13H2,1-2H3,(H,19,22). The number of carbonyl (C=O) groups is 1. The predicted octanol–water partition coefficient (Wildman–Crippen LogP) is 2.78. The van der Waals surface area contributed by atoms with Gasteiger partial charge < -0.3 is 20.1 Å². The lowest BCUT2D eigenvalue weighted by atomic mass is 9.86. The third-order valence-corrected chi connectivity index (χ3v) is 4.38. The maximum Gasteiger partial charge on any atom is 0.317 e. The van der Waals surface area contributed by atoms with Crippen molar-refractivity contribution in [3.8, 4) is 5.75 Å². The number of carbonyl (C=O) groups excluding carboxylic acids is 1. The summed E-state index contributed by atoms with van der Waals surface area (Å²) >= 11 is 0. The van der Waals surface area contributed by atoms with Crippen LogP contribution in [-0.2, 0) is 6.54 Å². The maximum atomic E-state index is 12.2. The van der Waals surface area contributed by atoms with Crippen molar-refractivity contribution in [2.24, 2.45) is 5.92 Å². The fraction of sp³-hybridized carbons (Fsp3) is 0.611. The number of nitrogens with one attached hydrogen (secondary N) is 1. The van der Waals surface area contributed by atoms with E-state index in [1.165, 1.54) is 0 Å². The van der Waals surface area contributed by atoms with Crippen LogP contribution in [0.4, 0.5) is 4.79 Å². The molecule has 1 fully saturated rings. The minimum atomic E-state index is -0.276. The zero-order valence-electron chi connectivity index (χ0n) is 14.1. The Bertz CT molecular complexity index is 507. The normalized spacial score (nSPS) is 20.8. The van der Waals surface area contributed by atoms with E-state index < -0.39 is 0 Å². The van der Waals surface area contributed by atoms with Gasteiger partial charge in [-0.1, -0.05) is 25.0 Å². The van der Waals surface area contributed by atoms with Crippen molar-refractivity contribution in [3.05, 3.63) is 29.8 Å². The number of rotatable bonds is 6. The van der Waals surface area contributed by atoms with Gasteiger partial charge in [0.05, 0.1) is 12.7 Å². The fourth-order valence-corrected chi connectivity index (χ4v) is 3.06. The van der Waals surface area contributed by atoms with Crippen molar-refractivity contribution < 1.29 is 14.6 Å². The van der Waals surface area contributed by atoms with Crippen LogP contribution >= 0.6 is 0 Å². The molecule has 2 unspecified atom stereocenters. The Morgan fingerprint density at radius 1 is 1.39 bits per heavy atom. The molecule has 0 bridgehead atoms. The van der Waals surface area contributed by atoms with Crippen molar-refractivity contribution in [3.63, 3.8) is 0 Å². The molecule has 2 atom stereocenters. The number of aliphatic hydroxyl groups is 1. The molecule has 23 heavy (non-hydrogen) atoms. The van der Waals surface area contributed by atoms with Crippen LogP contribution in [-0.4, -0.2) is 42.3 Å². The summed E-state index contributed by atoms with van der Waals surface area (Å²) in [6.45, 7) is 3.65. The van der Waals surface area contributed by atoms with E-state index in [2.05, 4.69) is 5.32 Å². The molecule has 0 heterocycles. The number of amides is 2. The SMILES string of the molecule is CCOc1cccc(CNC(=O)N(C)CC2CCCCC2O)c1. The van der Waals surface area contributed by atoms with Crippen LogP contribution in [0.5, 0.6) is 5.75 Å². The van der Waals surface area contributed by atoms with E-state index in [0.717, 1.165) is 37.0 Å². The smallest absolute Gasteiger partial charge is 0.317 e. The molecule has 2 rings (SSSR count). The van der Waals surface area contributed by atoms with Gasteiger partial charge in [-0.05, 0) is 37.5 Å². The number of hydrogen-bond acceptors (Lipinski definition) is 3. The number of aliphatic hydroxyl groups excluding tert-OH is 1. The van der Waals surface area contributed by atoms with E-state index in [1.54, 1.807) is 11.9 Å². The largest absolute Gasteiger partial charge is 0.494 e. The lowest BCUT2D eigenvalue weighted by Crippen LogP contribution is -2.42. The maximum absolute atomic E-state index is 12.2. The van der Waals surface area contributed by atoms with Crippen LogP contribution in [0.2, 0.25) is 0 Å². The summed E-state index contributed by atoms with van der Waals surface area (Å²) in [5.41, 5.74) is 1.01. The summed E-state index contributed by atoms with van der Waals surface area (Å²) in [5, 5.41) is 12.9. The molecule has 1 aliphatic rings. The molecule has 2 amide bonds. The van der Waals surface area contributed by atoms with Crippen LogP contribution in [0.15, 0.2) is 24.3 Å². The molecule has 1 aromatic rings. The first-order chi connectivity index (χ1) is 11.1. The second kappa shape index (κ2) is 8.77. The van der Waals surface area contributed by atoms with Gasteiger partial charge in [-0.15, -0.1) is 0 Å². The van der Waals surface area contributed by atoms with Gasteiger partial charge in [0, 0.05) is 26.1 Å². The summed E-state index contributed by atoms with van der Waals surface area (Å²) in [7, 11) is 1.78. The molecule has 0 saturated heterocycles. The molecule has 128 valence electrons. The monoisotopic (exact) mass is 320 g/mol. The van der Waals surface area contributed by atoms with Crippen LogP contribution in [0.3, 0.4) is 0 Å². The Hall–Kier alpha value is -1.75. The van der Waals surface area contributed by atoms with Gasteiger partial charge in [0.2, 0.25) is 0 Å². The van der Waals surface area contributed by atoms with E-state index in [-0.39, 0.29) is 18.1 Å². The van der Waals surface area contributed by atoms with Gasteiger partial charge in [0.25, 0.3) is 0 Å². The predicted molar refractivity (Wildman–Crippen MR) is 90.4 cm³/mol. The van der Waals surface area contributed by atoms with E-state index in [0.29, 0.717) is 19.7 Å². The number of benzene rings is 1. The Kier molecular flexibility index (Phi) is 6.71. The Morgan fingerprint density at radius 2 is 2.17 bits per heavy atom. The quantitative estimate of drug-likeness (QED) is 0.847. The molecule has 5 heteroatoms. The molecule has 0 spiro atoms. The van der Waals surface area contributed by atoms with E-state index in [1.807, 2.05) is 31.2 Å². The zero-order chi connectivity index (χ0) is 16.7. The van der Waals surface area contributed by atoms with Crippen LogP contribution in [0, 0.1) is 5.92 Å². The van der Waals surface area contributed by atoms with Gasteiger partial charge >= 0.3 is 6.03 Å².